The fourth-order valence-corrected chi connectivity index (χ4v) is 5.07. The molecule has 1 saturated heterocycles. The molecule has 0 spiro atoms. The predicted octanol–water partition coefficient (Wildman–Crippen LogP) is 3.75. The molecule has 0 aliphatic carbocycles. The van der Waals surface area contributed by atoms with Crippen molar-refractivity contribution in [1.82, 2.24) is 9.97 Å². The number of amides is 2. The van der Waals surface area contributed by atoms with E-state index in [4.69, 9.17) is 5.73 Å². The topological polar surface area (TPSA) is 101 Å². The molecule has 1 aliphatic rings. The fraction of sp³-hybridized carbons (Fsp3) is 0.300. The van der Waals surface area contributed by atoms with Crippen molar-refractivity contribution in [2.45, 2.75) is 31.8 Å². The highest BCUT2D eigenvalue weighted by molar-refractivity contribution is 7.99. The van der Waals surface area contributed by atoms with Crippen LogP contribution in [0.25, 0.3) is 10.2 Å². The van der Waals surface area contributed by atoms with Gasteiger partial charge in [0.25, 0.3) is 0 Å². The number of benzene rings is 1. The van der Waals surface area contributed by atoms with Crippen LogP contribution in [0.3, 0.4) is 0 Å². The second kappa shape index (κ2) is 8.00. The molecule has 0 unspecified atom stereocenters. The molecule has 3 aromatic rings. The Kier molecular flexibility index (Phi) is 5.42. The zero-order valence-corrected chi connectivity index (χ0v) is 17.8. The molecule has 4 rings (SSSR count). The lowest BCUT2D eigenvalue weighted by molar-refractivity contribution is -0.117. The quantitative estimate of drug-likeness (QED) is 0.475. The highest BCUT2D eigenvalue weighted by Gasteiger charge is 2.22. The van der Waals surface area contributed by atoms with E-state index in [1.807, 2.05) is 38.1 Å². The minimum atomic E-state index is -0.166. The van der Waals surface area contributed by atoms with Gasteiger partial charge in [-0.15, -0.1) is 11.3 Å². The van der Waals surface area contributed by atoms with E-state index in [9.17, 15) is 9.59 Å². The molecule has 0 saturated carbocycles. The number of anilines is 3. The summed E-state index contributed by atoms with van der Waals surface area (Å²) in [6, 6.07) is 7.35. The van der Waals surface area contributed by atoms with E-state index in [1.165, 1.54) is 11.8 Å². The van der Waals surface area contributed by atoms with Crippen molar-refractivity contribution in [2.24, 2.45) is 0 Å². The summed E-state index contributed by atoms with van der Waals surface area (Å²) in [4.78, 5) is 37.0. The summed E-state index contributed by atoms with van der Waals surface area (Å²) in [6.45, 7) is 4.76. The van der Waals surface area contributed by atoms with Gasteiger partial charge in [-0.2, -0.15) is 0 Å². The lowest BCUT2D eigenvalue weighted by Crippen LogP contribution is -2.23. The summed E-state index contributed by atoms with van der Waals surface area (Å²) in [5.41, 5.74) is 8.67. The third-order valence-electron chi connectivity index (χ3n) is 4.88. The summed E-state index contributed by atoms with van der Waals surface area (Å²) < 4.78 is 0. The summed E-state index contributed by atoms with van der Waals surface area (Å²) in [6.07, 6.45) is 1.44. The second-order valence-corrected chi connectivity index (χ2v) is 9.04. The molecule has 3 N–H and O–H groups in total. The van der Waals surface area contributed by atoms with Gasteiger partial charge in [0, 0.05) is 29.2 Å². The number of fused-ring (bicyclic) bond motifs is 1. The molecule has 0 bridgehead atoms. The average Bonchev–Trinajstić information content (AvgIpc) is 3.23. The molecule has 2 amide bonds. The Hall–Kier alpha value is -2.65. The number of aryl methyl sites for hydroxylation is 2. The number of thiophene rings is 1. The van der Waals surface area contributed by atoms with E-state index < -0.39 is 0 Å². The molecular weight excluding hydrogens is 406 g/mol. The zero-order valence-electron chi connectivity index (χ0n) is 16.2. The van der Waals surface area contributed by atoms with E-state index in [1.54, 1.807) is 16.2 Å². The van der Waals surface area contributed by atoms with Gasteiger partial charge >= 0.3 is 0 Å². The lowest BCUT2D eigenvalue weighted by atomic mass is 10.2. The van der Waals surface area contributed by atoms with Gasteiger partial charge in [-0.1, -0.05) is 17.8 Å². The van der Waals surface area contributed by atoms with Crippen LogP contribution in [0.4, 0.5) is 17.2 Å². The smallest absolute Gasteiger partial charge is 0.234 e. The van der Waals surface area contributed by atoms with Crippen LogP contribution in [0.5, 0.6) is 0 Å². The first-order valence-electron chi connectivity index (χ1n) is 9.28. The van der Waals surface area contributed by atoms with Crippen molar-refractivity contribution in [1.29, 1.82) is 0 Å². The number of hydrogen-bond donors (Lipinski definition) is 2. The van der Waals surface area contributed by atoms with Gasteiger partial charge in [0.05, 0.1) is 11.1 Å². The number of carbonyl (C=O) groups is 2. The molecule has 9 heteroatoms. The van der Waals surface area contributed by atoms with Crippen molar-refractivity contribution < 1.29 is 9.59 Å². The maximum absolute atomic E-state index is 12.4. The summed E-state index contributed by atoms with van der Waals surface area (Å²) in [5.74, 6) is 0.568. The second-order valence-electron chi connectivity index (χ2n) is 6.89. The number of nitrogens with one attached hydrogen (secondary N) is 1. The van der Waals surface area contributed by atoms with Gasteiger partial charge in [-0.25, -0.2) is 9.97 Å². The predicted molar refractivity (Wildman–Crippen MR) is 119 cm³/mol. The van der Waals surface area contributed by atoms with Gasteiger partial charge in [0.15, 0.2) is 5.16 Å². The van der Waals surface area contributed by atoms with Crippen LogP contribution >= 0.6 is 23.1 Å². The Balaban J connectivity index is 1.42. The number of nitrogens with zero attached hydrogens (tertiary/aromatic N) is 3. The van der Waals surface area contributed by atoms with Crippen LogP contribution in [0.2, 0.25) is 0 Å². The highest BCUT2D eigenvalue weighted by Crippen LogP contribution is 2.33. The summed E-state index contributed by atoms with van der Waals surface area (Å²) >= 11 is 2.83. The minimum absolute atomic E-state index is 0.119. The van der Waals surface area contributed by atoms with Crippen molar-refractivity contribution >= 4 is 62.3 Å². The van der Waals surface area contributed by atoms with Crippen molar-refractivity contribution in [3.8, 4) is 0 Å². The molecule has 2 aromatic heterocycles. The van der Waals surface area contributed by atoms with Crippen LogP contribution in [-0.4, -0.2) is 34.1 Å². The summed E-state index contributed by atoms with van der Waals surface area (Å²) in [7, 11) is 0. The largest absolute Gasteiger partial charge is 0.383 e. The molecule has 1 aromatic carbocycles. The van der Waals surface area contributed by atoms with E-state index >= 15 is 0 Å². The van der Waals surface area contributed by atoms with Crippen LogP contribution in [0.1, 0.15) is 23.3 Å². The normalized spacial score (nSPS) is 14.0. The third kappa shape index (κ3) is 4.06. The van der Waals surface area contributed by atoms with Gasteiger partial charge < -0.3 is 16.0 Å². The van der Waals surface area contributed by atoms with E-state index in [2.05, 4.69) is 15.3 Å². The Labute approximate surface area is 176 Å². The van der Waals surface area contributed by atoms with Crippen LogP contribution in [0, 0.1) is 13.8 Å². The van der Waals surface area contributed by atoms with E-state index in [0.29, 0.717) is 23.1 Å². The molecular formula is C20H21N5O2S2. The van der Waals surface area contributed by atoms with Gasteiger partial charge in [0.2, 0.25) is 11.8 Å². The van der Waals surface area contributed by atoms with Crippen molar-refractivity contribution in [2.75, 3.05) is 28.2 Å². The molecule has 1 aliphatic heterocycles. The lowest BCUT2D eigenvalue weighted by Gasteiger charge is -2.16. The Morgan fingerprint density at radius 1 is 1.34 bits per heavy atom. The first kappa shape index (κ1) is 19.7. The number of nitrogen functional groups attached to an aromatic ring is 1. The van der Waals surface area contributed by atoms with Crippen molar-refractivity contribution in [3.05, 3.63) is 34.7 Å². The standard InChI is InChI=1S/C20H21N5O2S2/c1-11-12(2)29-19-17(11)18(21)23-20(24-19)28-10-15(26)22-13-5-3-6-14(9-13)25-8-4-7-16(25)27/h3,5-6,9H,4,7-8,10H2,1-2H3,(H,22,26)(H2,21,23,24). The molecule has 29 heavy (non-hydrogen) atoms. The molecule has 1 fully saturated rings. The molecule has 3 heterocycles. The fourth-order valence-electron chi connectivity index (χ4n) is 3.32. The van der Waals surface area contributed by atoms with Gasteiger partial charge in [0.1, 0.15) is 10.6 Å². The number of hydrogen-bond acceptors (Lipinski definition) is 7. The minimum Gasteiger partial charge on any atom is -0.383 e. The maximum atomic E-state index is 12.4. The van der Waals surface area contributed by atoms with Crippen LogP contribution < -0.4 is 16.0 Å². The first-order chi connectivity index (χ1) is 13.9. The Morgan fingerprint density at radius 3 is 2.93 bits per heavy atom. The molecule has 150 valence electrons. The number of carbonyl (C=O) groups excluding carboxylic acids is 2. The maximum Gasteiger partial charge on any atom is 0.234 e. The monoisotopic (exact) mass is 427 g/mol. The number of nitrogens with two attached hydrogens (primary N) is 1. The number of aromatic nitrogens is 2. The number of thioether (sulfide) groups is 1. The SMILES string of the molecule is Cc1sc2nc(SCC(=O)Nc3cccc(N4CCCC4=O)c3)nc(N)c2c1C. The molecule has 0 radical (unpaired) electrons. The van der Waals surface area contributed by atoms with Crippen LogP contribution in [-0.2, 0) is 9.59 Å². The zero-order chi connectivity index (χ0) is 20.5. The van der Waals surface area contributed by atoms with Gasteiger partial charge in [-0.05, 0) is 44.0 Å². The van der Waals surface area contributed by atoms with Gasteiger partial charge in [-0.3, -0.25) is 9.59 Å². The van der Waals surface area contributed by atoms with E-state index in [0.717, 1.165) is 39.3 Å². The Morgan fingerprint density at radius 2 is 2.17 bits per heavy atom. The van der Waals surface area contributed by atoms with E-state index in [-0.39, 0.29) is 17.6 Å². The molecule has 7 nitrogen and oxygen atoms in total. The molecule has 0 atom stereocenters. The first-order valence-corrected chi connectivity index (χ1v) is 11.1. The van der Waals surface area contributed by atoms with Crippen LogP contribution in [0.15, 0.2) is 29.4 Å². The number of rotatable bonds is 5. The van der Waals surface area contributed by atoms with Crippen molar-refractivity contribution in [3.63, 3.8) is 0 Å². The Bertz CT molecular complexity index is 1110. The third-order valence-corrected chi connectivity index (χ3v) is 6.83. The highest BCUT2D eigenvalue weighted by atomic mass is 32.2. The average molecular weight is 428 g/mol. The summed E-state index contributed by atoms with van der Waals surface area (Å²) in [5, 5.41) is 4.26.